The average molecular weight is 525 g/mol. The van der Waals surface area contributed by atoms with Crippen LogP contribution in [-0.2, 0) is 4.79 Å². The van der Waals surface area contributed by atoms with Crippen molar-refractivity contribution >= 4 is 51.5 Å². The Labute approximate surface area is 215 Å². The molecule has 0 spiro atoms. The van der Waals surface area contributed by atoms with Crippen molar-refractivity contribution in [2.45, 2.75) is 19.0 Å². The van der Waals surface area contributed by atoms with Gasteiger partial charge in [0, 0.05) is 22.8 Å². The lowest BCUT2D eigenvalue weighted by atomic mass is 10.1. The molecule has 1 heterocycles. The van der Waals surface area contributed by atoms with E-state index in [1.54, 1.807) is 43.3 Å². The smallest absolute Gasteiger partial charge is 0.311 e. The highest BCUT2D eigenvalue weighted by Crippen LogP contribution is 2.33. The second-order valence-corrected chi connectivity index (χ2v) is 9.27. The first-order valence-corrected chi connectivity index (χ1v) is 12.1. The predicted molar refractivity (Wildman–Crippen MR) is 141 cm³/mol. The van der Waals surface area contributed by atoms with Crippen molar-refractivity contribution in [2.75, 3.05) is 18.2 Å². The molecule has 4 aromatic rings. The Kier molecular flexibility index (Phi) is 7.27. The number of hydrogen-bond donors (Lipinski definition) is 1. The number of nitro benzene ring substituents is 1. The molecule has 9 nitrogen and oxygen atoms in total. The number of carbonyl (C=O) groups excluding carboxylic acids is 1. The van der Waals surface area contributed by atoms with Gasteiger partial charge >= 0.3 is 5.69 Å². The number of fused-ring (bicyclic) bond motifs is 1. The van der Waals surface area contributed by atoms with Crippen LogP contribution in [0.25, 0.3) is 16.6 Å². The lowest BCUT2D eigenvalue weighted by Gasteiger charge is -2.14. The van der Waals surface area contributed by atoms with E-state index >= 15 is 0 Å². The summed E-state index contributed by atoms with van der Waals surface area (Å²) in [6, 6.07) is 15.0. The number of amides is 1. The van der Waals surface area contributed by atoms with Gasteiger partial charge in [-0.15, -0.1) is 0 Å². The number of nitrogens with one attached hydrogen (secondary N) is 1. The molecule has 184 valence electrons. The third kappa shape index (κ3) is 5.05. The van der Waals surface area contributed by atoms with Gasteiger partial charge in [0.2, 0.25) is 5.91 Å². The molecule has 1 N–H and O–H groups in total. The summed E-state index contributed by atoms with van der Waals surface area (Å²) in [4.78, 5) is 41.5. The van der Waals surface area contributed by atoms with Gasteiger partial charge in [0.15, 0.2) is 10.9 Å². The minimum atomic E-state index is -0.546. The lowest BCUT2D eigenvalue weighted by Crippen LogP contribution is -2.23. The first-order valence-electron chi connectivity index (χ1n) is 10.7. The summed E-state index contributed by atoms with van der Waals surface area (Å²) in [6.45, 7) is 3.52. The lowest BCUT2D eigenvalue weighted by molar-refractivity contribution is -0.385. The molecular weight excluding hydrogens is 504 g/mol. The number of anilines is 1. The maximum atomic E-state index is 13.4. The van der Waals surface area contributed by atoms with E-state index in [0.29, 0.717) is 38.0 Å². The van der Waals surface area contributed by atoms with Crippen LogP contribution in [0.15, 0.2) is 64.5 Å². The Morgan fingerprint density at radius 3 is 2.61 bits per heavy atom. The number of nitrogens with zero attached hydrogens (tertiary/aromatic N) is 3. The van der Waals surface area contributed by atoms with Crippen LogP contribution in [0.2, 0.25) is 5.02 Å². The second-order valence-electron chi connectivity index (χ2n) is 7.92. The van der Waals surface area contributed by atoms with Crippen LogP contribution in [0.3, 0.4) is 0 Å². The normalized spacial score (nSPS) is 10.9. The van der Waals surface area contributed by atoms with Crippen LogP contribution < -0.4 is 15.6 Å². The molecular formula is C25H21ClN4O5S. The van der Waals surface area contributed by atoms with Gasteiger partial charge in [-0.05, 0) is 49.2 Å². The fourth-order valence-corrected chi connectivity index (χ4v) is 4.58. The number of carbonyl (C=O) groups is 1. The highest BCUT2D eigenvalue weighted by atomic mass is 35.5. The van der Waals surface area contributed by atoms with E-state index in [1.807, 2.05) is 13.0 Å². The summed E-state index contributed by atoms with van der Waals surface area (Å²) in [7, 11) is 1.32. The zero-order valence-corrected chi connectivity index (χ0v) is 21.1. The van der Waals surface area contributed by atoms with Crippen molar-refractivity contribution in [1.82, 2.24) is 9.55 Å². The van der Waals surface area contributed by atoms with Crippen LogP contribution in [-0.4, -0.2) is 33.2 Å². The van der Waals surface area contributed by atoms with E-state index < -0.39 is 4.92 Å². The van der Waals surface area contributed by atoms with Gasteiger partial charge in [0.25, 0.3) is 5.56 Å². The molecule has 0 bridgehead atoms. The van der Waals surface area contributed by atoms with Gasteiger partial charge in [-0.3, -0.25) is 24.3 Å². The van der Waals surface area contributed by atoms with Crippen LogP contribution in [0.1, 0.15) is 11.1 Å². The average Bonchev–Trinajstić information content (AvgIpc) is 2.85. The van der Waals surface area contributed by atoms with Gasteiger partial charge in [-0.25, -0.2) is 4.98 Å². The van der Waals surface area contributed by atoms with Gasteiger partial charge in [0.1, 0.15) is 0 Å². The molecule has 0 radical (unpaired) electrons. The zero-order valence-electron chi connectivity index (χ0n) is 19.6. The van der Waals surface area contributed by atoms with Crippen LogP contribution >= 0.6 is 23.4 Å². The molecule has 0 atom stereocenters. The summed E-state index contributed by atoms with van der Waals surface area (Å²) >= 11 is 7.40. The Bertz CT molecular complexity index is 1570. The van der Waals surface area contributed by atoms with E-state index in [2.05, 4.69) is 10.3 Å². The van der Waals surface area contributed by atoms with E-state index in [1.165, 1.54) is 23.8 Å². The first kappa shape index (κ1) is 25.2. The minimum Gasteiger partial charge on any atom is -0.490 e. The zero-order chi connectivity index (χ0) is 26.0. The molecule has 3 aromatic carbocycles. The molecule has 0 aliphatic carbocycles. The number of benzene rings is 3. The van der Waals surface area contributed by atoms with Crippen molar-refractivity contribution in [1.29, 1.82) is 0 Å². The van der Waals surface area contributed by atoms with Gasteiger partial charge < -0.3 is 10.1 Å². The third-order valence-electron chi connectivity index (χ3n) is 5.49. The van der Waals surface area contributed by atoms with Crippen molar-refractivity contribution in [3.63, 3.8) is 0 Å². The largest absolute Gasteiger partial charge is 0.490 e. The number of rotatable bonds is 7. The molecule has 36 heavy (non-hydrogen) atoms. The van der Waals surface area contributed by atoms with Crippen molar-refractivity contribution in [2.24, 2.45) is 0 Å². The Morgan fingerprint density at radius 1 is 1.17 bits per heavy atom. The molecule has 0 saturated heterocycles. The highest BCUT2D eigenvalue weighted by Gasteiger charge is 2.19. The number of methoxy groups -OCH3 is 1. The van der Waals surface area contributed by atoms with Gasteiger partial charge in [-0.2, -0.15) is 0 Å². The quantitative estimate of drug-likeness (QED) is 0.151. The van der Waals surface area contributed by atoms with Crippen LogP contribution in [0.5, 0.6) is 5.75 Å². The Hall–Kier alpha value is -3.89. The highest BCUT2D eigenvalue weighted by molar-refractivity contribution is 7.99. The van der Waals surface area contributed by atoms with Crippen LogP contribution in [0.4, 0.5) is 11.4 Å². The Morgan fingerprint density at radius 2 is 1.92 bits per heavy atom. The second kappa shape index (κ2) is 10.4. The standard InChI is InChI=1S/C25H21ClN4O5S/c1-14-8-9-16(11-18(14)26)29-24(32)17-6-4-5-7-19(17)28-25(29)36-13-23(31)27-20-12-22(35-3)21(30(33)34)10-15(20)2/h4-12H,13H2,1-3H3,(H,27,31). The van der Waals surface area contributed by atoms with E-state index in [9.17, 15) is 19.7 Å². The van der Waals surface area contributed by atoms with Crippen molar-refractivity contribution in [3.8, 4) is 11.4 Å². The monoisotopic (exact) mass is 524 g/mol. The first-order chi connectivity index (χ1) is 17.2. The molecule has 0 fully saturated rings. The summed E-state index contributed by atoms with van der Waals surface area (Å²) in [5, 5.41) is 15.2. The van der Waals surface area contributed by atoms with Gasteiger partial charge in [0.05, 0.1) is 34.4 Å². The fraction of sp³-hybridized carbons (Fsp3) is 0.160. The summed E-state index contributed by atoms with van der Waals surface area (Å²) in [5.41, 5.74) is 2.34. The van der Waals surface area contributed by atoms with E-state index in [0.717, 1.165) is 17.3 Å². The maximum Gasteiger partial charge on any atom is 0.311 e. The summed E-state index contributed by atoms with van der Waals surface area (Å²) in [5.74, 6) is -0.409. The Balaban J connectivity index is 1.66. The topological polar surface area (TPSA) is 116 Å². The SMILES string of the molecule is COc1cc(NC(=O)CSc2nc3ccccc3c(=O)n2-c2ccc(C)c(Cl)c2)c(C)cc1[N+](=O)[O-]. The summed E-state index contributed by atoms with van der Waals surface area (Å²) in [6.07, 6.45) is 0. The van der Waals surface area contributed by atoms with Crippen molar-refractivity contribution in [3.05, 3.63) is 91.2 Å². The molecule has 1 aromatic heterocycles. The minimum absolute atomic E-state index is 0.0369. The van der Waals surface area contributed by atoms with Gasteiger partial charge in [-0.1, -0.05) is 41.6 Å². The third-order valence-corrected chi connectivity index (χ3v) is 6.83. The number of ether oxygens (including phenoxy) is 1. The molecule has 1 amide bonds. The number of hydrogen-bond acceptors (Lipinski definition) is 7. The van der Waals surface area contributed by atoms with E-state index in [-0.39, 0.29) is 28.7 Å². The number of halogens is 1. The molecule has 0 saturated carbocycles. The maximum absolute atomic E-state index is 13.4. The van der Waals surface area contributed by atoms with E-state index in [4.69, 9.17) is 16.3 Å². The number of thioether (sulfide) groups is 1. The molecule has 0 aliphatic heterocycles. The number of aryl methyl sites for hydroxylation is 2. The molecule has 4 rings (SSSR count). The number of nitro groups is 1. The number of para-hydroxylation sites is 1. The van der Waals surface area contributed by atoms with Crippen molar-refractivity contribution < 1.29 is 14.5 Å². The molecule has 11 heteroatoms. The summed E-state index contributed by atoms with van der Waals surface area (Å²) < 4.78 is 6.53. The fourth-order valence-electron chi connectivity index (χ4n) is 3.59. The molecule has 0 aliphatic rings. The molecule has 0 unspecified atom stereocenters. The van der Waals surface area contributed by atoms with Crippen LogP contribution in [0, 0.1) is 24.0 Å². The number of aromatic nitrogens is 2. The predicted octanol–water partition coefficient (Wildman–Crippen LogP) is 5.30.